The van der Waals surface area contributed by atoms with Gasteiger partial charge in [-0.15, -0.1) is 0 Å². The van der Waals surface area contributed by atoms with E-state index in [0.29, 0.717) is 12.4 Å². The van der Waals surface area contributed by atoms with Gasteiger partial charge in [0.2, 0.25) is 0 Å². The lowest BCUT2D eigenvalue weighted by Crippen LogP contribution is -2.10. The predicted molar refractivity (Wildman–Crippen MR) is 83.2 cm³/mol. The molecule has 0 bridgehead atoms. The van der Waals surface area contributed by atoms with Crippen LogP contribution in [0.15, 0.2) is 42.5 Å². The van der Waals surface area contributed by atoms with E-state index in [4.69, 9.17) is 4.74 Å². The summed E-state index contributed by atoms with van der Waals surface area (Å²) >= 11 is 0. The molecule has 3 heteroatoms. The maximum atomic E-state index is 11.5. The first-order chi connectivity index (χ1) is 10.1. The number of hydrogen-bond donors (Lipinski definition) is 1. The summed E-state index contributed by atoms with van der Waals surface area (Å²) in [5.41, 5.74) is 3.13. The van der Waals surface area contributed by atoms with Crippen LogP contribution in [0, 0.1) is 6.92 Å². The number of hydrogen-bond acceptors (Lipinski definition) is 2. The summed E-state index contributed by atoms with van der Waals surface area (Å²) < 4.78 is 5.82. The first-order valence-corrected chi connectivity index (χ1v) is 7.16. The number of aryl methyl sites for hydroxylation is 2. The fourth-order valence-electron chi connectivity index (χ4n) is 2.35. The van der Waals surface area contributed by atoms with E-state index >= 15 is 0 Å². The lowest BCUT2D eigenvalue weighted by molar-refractivity contribution is 0.0691. The van der Waals surface area contributed by atoms with Gasteiger partial charge < -0.3 is 9.84 Å². The highest BCUT2D eigenvalue weighted by molar-refractivity contribution is 5.93. The molecular formula is C18H20O3. The van der Waals surface area contributed by atoms with E-state index in [0.717, 1.165) is 24.0 Å². The maximum absolute atomic E-state index is 11.5. The summed E-state index contributed by atoms with van der Waals surface area (Å²) in [5.74, 6) is -0.418. The second-order valence-electron chi connectivity index (χ2n) is 4.99. The highest BCUT2D eigenvalue weighted by Crippen LogP contribution is 2.28. The average molecular weight is 284 g/mol. The summed E-state index contributed by atoms with van der Waals surface area (Å²) in [7, 11) is 0. The van der Waals surface area contributed by atoms with E-state index in [1.807, 2.05) is 49.4 Å². The van der Waals surface area contributed by atoms with Crippen molar-refractivity contribution in [3.8, 4) is 5.75 Å². The van der Waals surface area contributed by atoms with E-state index < -0.39 is 5.97 Å². The van der Waals surface area contributed by atoms with Gasteiger partial charge in [0.1, 0.15) is 11.3 Å². The fraction of sp³-hybridized carbons (Fsp3) is 0.278. The molecule has 0 saturated carbocycles. The Balaban J connectivity index is 2.18. The highest BCUT2D eigenvalue weighted by atomic mass is 16.5. The van der Waals surface area contributed by atoms with Crippen molar-refractivity contribution in [2.75, 3.05) is 6.61 Å². The molecule has 0 aliphatic heterocycles. The van der Waals surface area contributed by atoms with Crippen molar-refractivity contribution in [2.45, 2.75) is 26.7 Å². The topological polar surface area (TPSA) is 46.5 Å². The normalized spacial score (nSPS) is 10.4. The third kappa shape index (κ3) is 3.63. The van der Waals surface area contributed by atoms with Crippen molar-refractivity contribution in [1.82, 2.24) is 0 Å². The number of rotatable bonds is 6. The van der Waals surface area contributed by atoms with Crippen LogP contribution < -0.4 is 4.74 Å². The van der Waals surface area contributed by atoms with E-state index in [2.05, 4.69) is 0 Å². The number of carbonyl (C=O) groups is 1. The minimum atomic E-state index is -0.933. The molecule has 0 aliphatic carbocycles. The van der Waals surface area contributed by atoms with Gasteiger partial charge in [0, 0.05) is 6.42 Å². The van der Waals surface area contributed by atoms with Crippen LogP contribution in [0.4, 0.5) is 0 Å². The number of aromatic carboxylic acids is 1. The van der Waals surface area contributed by atoms with Crippen LogP contribution in [-0.2, 0) is 12.8 Å². The van der Waals surface area contributed by atoms with Crippen LogP contribution in [0.25, 0.3) is 0 Å². The minimum Gasteiger partial charge on any atom is -0.492 e. The third-order valence-electron chi connectivity index (χ3n) is 3.52. The molecule has 3 nitrogen and oxygen atoms in total. The molecule has 110 valence electrons. The molecule has 0 fully saturated rings. The lowest BCUT2D eigenvalue weighted by atomic mass is 10.0. The maximum Gasteiger partial charge on any atom is 0.339 e. The van der Waals surface area contributed by atoms with Gasteiger partial charge in [-0.3, -0.25) is 0 Å². The van der Waals surface area contributed by atoms with E-state index in [1.54, 1.807) is 6.92 Å². The molecule has 0 aromatic heterocycles. The molecule has 0 saturated heterocycles. The summed E-state index contributed by atoms with van der Waals surface area (Å²) in [6, 6.07) is 13.8. The van der Waals surface area contributed by atoms with E-state index in [9.17, 15) is 9.90 Å². The smallest absolute Gasteiger partial charge is 0.339 e. The minimum absolute atomic E-state index is 0.280. The lowest BCUT2D eigenvalue weighted by Gasteiger charge is -2.15. The van der Waals surface area contributed by atoms with Crippen LogP contribution >= 0.6 is 0 Å². The van der Waals surface area contributed by atoms with Gasteiger partial charge in [0.25, 0.3) is 0 Å². The molecule has 2 rings (SSSR count). The molecular weight excluding hydrogens is 264 g/mol. The van der Waals surface area contributed by atoms with Crippen LogP contribution in [0.2, 0.25) is 0 Å². The largest absolute Gasteiger partial charge is 0.492 e. The van der Waals surface area contributed by atoms with Gasteiger partial charge >= 0.3 is 5.97 Å². The molecule has 2 aromatic carbocycles. The van der Waals surface area contributed by atoms with Crippen molar-refractivity contribution in [2.24, 2.45) is 0 Å². The quantitative estimate of drug-likeness (QED) is 0.875. The van der Waals surface area contributed by atoms with Crippen molar-refractivity contribution >= 4 is 5.97 Å². The van der Waals surface area contributed by atoms with E-state index in [1.165, 1.54) is 5.56 Å². The zero-order valence-corrected chi connectivity index (χ0v) is 12.4. The van der Waals surface area contributed by atoms with Crippen LogP contribution in [-0.4, -0.2) is 17.7 Å². The Hall–Kier alpha value is -2.29. The second kappa shape index (κ2) is 6.93. The van der Waals surface area contributed by atoms with Gasteiger partial charge in [-0.25, -0.2) is 4.79 Å². The molecule has 0 amide bonds. The van der Waals surface area contributed by atoms with Gasteiger partial charge in [-0.2, -0.15) is 0 Å². The number of benzene rings is 2. The zero-order valence-electron chi connectivity index (χ0n) is 12.4. The number of carboxylic acid groups (broad SMARTS) is 1. The van der Waals surface area contributed by atoms with Crippen molar-refractivity contribution in [3.05, 3.63) is 64.7 Å². The van der Waals surface area contributed by atoms with Gasteiger partial charge in [-0.05, 0) is 30.0 Å². The Morgan fingerprint density at radius 3 is 2.48 bits per heavy atom. The Labute approximate surface area is 125 Å². The Bertz CT molecular complexity index is 618. The highest BCUT2D eigenvalue weighted by Gasteiger charge is 2.17. The second-order valence-corrected chi connectivity index (χ2v) is 4.99. The predicted octanol–water partition coefficient (Wildman–Crippen LogP) is 3.88. The molecule has 0 aliphatic rings. The number of ether oxygens (including phenoxy) is 1. The summed E-state index contributed by atoms with van der Waals surface area (Å²) in [6.45, 7) is 4.27. The molecule has 0 heterocycles. The Kier molecular flexibility index (Phi) is 4.99. The SMILES string of the molecule is CCc1ccc(C)c(C(=O)O)c1OCCc1ccccc1. The third-order valence-corrected chi connectivity index (χ3v) is 3.52. The van der Waals surface area contributed by atoms with Crippen LogP contribution in [0.3, 0.4) is 0 Å². The molecule has 0 radical (unpaired) electrons. The fourth-order valence-corrected chi connectivity index (χ4v) is 2.35. The molecule has 1 N–H and O–H groups in total. The monoisotopic (exact) mass is 284 g/mol. The average Bonchev–Trinajstić information content (AvgIpc) is 2.48. The molecule has 0 spiro atoms. The first-order valence-electron chi connectivity index (χ1n) is 7.16. The Morgan fingerprint density at radius 2 is 1.86 bits per heavy atom. The molecule has 0 atom stereocenters. The summed E-state index contributed by atoms with van der Waals surface area (Å²) in [6.07, 6.45) is 1.51. The zero-order chi connectivity index (χ0) is 15.2. The van der Waals surface area contributed by atoms with Crippen molar-refractivity contribution < 1.29 is 14.6 Å². The van der Waals surface area contributed by atoms with Gasteiger partial charge in [-0.1, -0.05) is 49.4 Å². The molecule has 0 unspecified atom stereocenters. The summed E-state index contributed by atoms with van der Waals surface area (Å²) in [4.78, 5) is 11.5. The van der Waals surface area contributed by atoms with Gasteiger partial charge in [0.05, 0.1) is 6.61 Å². The van der Waals surface area contributed by atoms with Crippen molar-refractivity contribution in [1.29, 1.82) is 0 Å². The van der Waals surface area contributed by atoms with Crippen LogP contribution in [0.1, 0.15) is 34.0 Å². The molecule has 21 heavy (non-hydrogen) atoms. The van der Waals surface area contributed by atoms with Gasteiger partial charge in [0.15, 0.2) is 0 Å². The first kappa shape index (κ1) is 15.1. The molecule has 2 aromatic rings. The Morgan fingerprint density at radius 1 is 1.14 bits per heavy atom. The number of carboxylic acids is 1. The standard InChI is InChI=1S/C18H20O3/c1-3-15-10-9-13(2)16(18(19)20)17(15)21-12-11-14-7-5-4-6-8-14/h4-10H,3,11-12H2,1-2H3,(H,19,20). The van der Waals surface area contributed by atoms with Crippen LogP contribution in [0.5, 0.6) is 5.75 Å². The van der Waals surface area contributed by atoms with E-state index in [-0.39, 0.29) is 5.56 Å². The summed E-state index contributed by atoms with van der Waals surface area (Å²) in [5, 5.41) is 9.40. The van der Waals surface area contributed by atoms with Crippen molar-refractivity contribution in [3.63, 3.8) is 0 Å².